The first-order valence-electron chi connectivity index (χ1n) is 0.750. The van der Waals surface area contributed by atoms with E-state index in [0.717, 1.165) is 0 Å². The molecule has 19 valence electrons. The van der Waals surface area contributed by atoms with Gasteiger partial charge >= 0.3 is 37.7 Å². The first-order valence-corrected chi connectivity index (χ1v) is 0.750. The van der Waals surface area contributed by atoms with E-state index in [-0.39, 0.29) is 37.7 Å². The quantitative estimate of drug-likeness (QED) is 0.254. The second-order valence-electron chi connectivity index (χ2n) is 0.250. The van der Waals surface area contributed by atoms with Crippen LogP contribution < -0.4 is 0 Å². The molecule has 0 rings (SSSR count). The van der Waals surface area contributed by atoms with Gasteiger partial charge in [-0.2, -0.15) is 0 Å². The van der Waals surface area contributed by atoms with Crippen LogP contribution in [-0.2, 0) is 0 Å². The summed E-state index contributed by atoms with van der Waals surface area (Å²) in [6, 6.07) is 0. The molecule has 0 aromatic carbocycles. The normalized spacial score (nSPS) is 1.60. The topological polar surface area (TPSA) is 0 Å². The molecule has 0 N–H and O–H groups in total. The Morgan fingerprint density at radius 3 is 1.40 bits per heavy atom. The molecule has 0 amide bonds. The first kappa shape index (κ1) is 17.1. The Morgan fingerprint density at radius 1 is 1.40 bits per heavy atom. The van der Waals surface area contributed by atoms with Crippen molar-refractivity contribution < 1.29 is 0 Å². The number of hydrogen-bond acceptors (Lipinski definition) is 0. The summed E-state index contributed by atoms with van der Waals surface area (Å²) in [5.74, 6) is 2.00. The van der Waals surface area contributed by atoms with Gasteiger partial charge in [-0.05, 0) is 13.3 Å². The third-order valence-corrected chi connectivity index (χ3v) is 0. The van der Waals surface area contributed by atoms with E-state index in [9.17, 15) is 0 Å². The van der Waals surface area contributed by atoms with Crippen LogP contribution in [0.2, 0.25) is 0 Å². The van der Waals surface area contributed by atoms with Crippen molar-refractivity contribution >= 4 is 37.7 Å². The first-order chi connectivity index (χ1) is 1.41. The van der Waals surface area contributed by atoms with Gasteiger partial charge in [-0.15, -0.1) is 0 Å². The summed E-state index contributed by atoms with van der Waals surface area (Å²) in [6.07, 6.45) is 5.96. The molecule has 0 atom stereocenters. The van der Waals surface area contributed by atoms with Gasteiger partial charge in [0, 0.05) is 0 Å². The van der Waals surface area contributed by atoms with Crippen LogP contribution in [0.5, 0.6) is 0 Å². The maximum atomic E-state index is 5.96. The predicted octanol–water partition coefficient (Wildman–Crippen LogP) is -0.701. The summed E-state index contributed by atoms with van der Waals surface area (Å²) >= 11 is 0. The van der Waals surface area contributed by atoms with Crippen LogP contribution in [-0.4, -0.2) is 37.7 Å². The molecule has 0 bridgehead atoms. The van der Waals surface area contributed by atoms with Gasteiger partial charge in [-0.3, -0.25) is 0 Å². The molecule has 2 heteroatoms. The molecule has 0 nitrogen and oxygen atoms in total. The molecule has 0 fully saturated rings. The van der Waals surface area contributed by atoms with E-state index in [1.54, 1.807) is 6.92 Å². The van der Waals surface area contributed by atoms with Crippen LogP contribution in [0.3, 0.4) is 0 Å². The number of hydrogen-bond donors (Lipinski definition) is 0. The van der Waals surface area contributed by atoms with E-state index >= 15 is 0 Å². The molecule has 0 aliphatic carbocycles. The molecule has 0 spiro atoms. The van der Waals surface area contributed by atoms with Crippen molar-refractivity contribution in [2.24, 2.45) is 0 Å². The fourth-order valence-corrected chi connectivity index (χ4v) is 0. The third kappa shape index (κ3) is 63.3. The van der Waals surface area contributed by atoms with Crippen molar-refractivity contribution in [3.05, 3.63) is 6.42 Å². The van der Waals surface area contributed by atoms with E-state index in [1.807, 2.05) is 5.92 Å². The van der Waals surface area contributed by atoms with Crippen molar-refractivity contribution in [1.82, 2.24) is 0 Å². The molecule has 0 saturated heterocycles. The molecule has 0 aromatic rings. The van der Waals surface area contributed by atoms with Crippen molar-refractivity contribution in [2.45, 2.75) is 6.92 Å². The van der Waals surface area contributed by atoms with Crippen molar-refractivity contribution in [2.75, 3.05) is 0 Å². The number of rotatable bonds is 0. The van der Waals surface area contributed by atoms with Gasteiger partial charge in [-0.1, -0.05) is 5.92 Å². The zero-order valence-corrected chi connectivity index (χ0v) is 2.00. The van der Waals surface area contributed by atoms with E-state index in [0.29, 0.717) is 0 Å². The average molecular weight is 55.0 g/mol. The molecule has 0 unspecified atom stereocenters. The summed E-state index contributed by atoms with van der Waals surface area (Å²) in [5, 5.41) is 0. The van der Waals surface area contributed by atoms with Crippen LogP contribution >= 0.6 is 0 Å². The summed E-state index contributed by atoms with van der Waals surface area (Å²) in [6.45, 7) is 1.54. The average Bonchev–Trinajstić information content (AvgIpc) is 0.918. The van der Waals surface area contributed by atoms with Gasteiger partial charge in [0.25, 0.3) is 0 Å². The monoisotopic (exact) mass is 55.1 g/mol. The molecule has 0 aliphatic rings. The van der Waals surface area contributed by atoms with Gasteiger partial charge in [0.1, 0.15) is 0 Å². The zero-order chi connectivity index (χ0) is 2.71. The van der Waals surface area contributed by atoms with Gasteiger partial charge in [0.15, 0.2) is 0 Å². The second kappa shape index (κ2) is 21.8. The maximum absolute atomic E-state index is 5.96. The fraction of sp³-hybridized carbons (Fsp3) is 0.333. The summed E-state index contributed by atoms with van der Waals surface area (Å²) < 4.78 is 0. The van der Waals surface area contributed by atoms with Gasteiger partial charge < -0.3 is 0 Å². The predicted molar refractivity (Wildman–Crippen MR) is 27.1 cm³/mol. The van der Waals surface area contributed by atoms with E-state index < -0.39 is 0 Å². The Morgan fingerprint density at radius 2 is 1.40 bits per heavy atom. The Labute approximate surface area is 57.1 Å². The van der Waals surface area contributed by atoms with Crippen LogP contribution in [0.4, 0.5) is 0 Å². The van der Waals surface area contributed by atoms with E-state index in [1.165, 1.54) is 0 Å². The SMILES string of the molecule is [C]#CC.[LiH].[LiH]. The molecular formula is C3H5Li2. The van der Waals surface area contributed by atoms with Crippen LogP contribution in [0.15, 0.2) is 0 Å². The van der Waals surface area contributed by atoms with Gasteiger partial charge in [0.05, 0.1) is 0 Å². The van der Waals surface area contributed by atoms with Crippen LogP contribution in [0.1, 0.15) is 6.92 Å². The molecule has 5 heavy (non-hydrogen) atoms. The third-order valence-electron chi connectivity index (χ3n) is 0. The van der Waals surface area contributed by atoms with Crippen molar-refractivity contribution in [1.29, 1.82) is 0 Å². The fourth-order valence-electron chi connectivity index (χ4n) is 0. The standard InChI is InChI=1S/C3H3.2Li.2H/c1-3-2;;;;/h1H3;;;;. The van der Waals surface area contributed by atoms with Crippen molar-refractivity contribution in [3.63, 3.8) is 0 Å². The zero-order valence-electron chi connectivity index (χ0n) is 2.00. The van der Waals surface area contributed by atoms with E-state index in [2.05, 4.69) is 0 Å². The van der Waals surface area contributed by atoms with E-state index in [4.69, 9.17) is 6.42 Å². The molecule has 0 heterocycles. The van der Waals surface area contributed by atoms with Gasteiger partial charge in [-0.25, -0.2) is 0 Å². The summed E-state index contributed by atoms with van der Waals surface area (Å²) in [7, 11) is 0. The Balaban J connectivity index is -0.0000000200. The van der Waals surface area contributed by atoms with Crippen LogP contribution in [0.25, 0.3) is 0 Å². The minimum atomic E-state index is 0. The Hall–Kier alpha value is 0.755. The molecular weight excluding hydrogens is 49.9 g/mol. The minimum absolute atomic E-state index is 0. The second-order valence-corrected chi connectivity index (χ2v) is 0.250. The van der Waals surface area contributed by atoms with Crippen LogP contribution in [0, 0.1) is 12.3 Å². The molecule has 0 aromatic heterocycles. The van der Waals surface area contributed by atoms with Gasteiger partial charge in [0.2, 0.25) is 0 Å². The Bertz CT molecular complexity index is 26.4. The Kier molecular flexibility index (Phi) is 74.6. The molecule has 1 radical (unpaired) electrons. The summed E-state index contributed by atoms with van der Waals surface area (Å²) in [5.41, 5.74) is 0. The summed E-state index contributed by atoms with van der Waals surface area (Å²) in [4.78, 5) is 0. The molecule has 0 saturated carbocycles. The molecule has 0 aliphatic heterocycles. The van der Waals surface area contributed by atoms with Crippen molar-refractivity contribution in [3.8, 4) is 5.92 Å².